The van der Waals surface area contributed by atoms with E-state index in [0.717, 1.165) is 5.69 Å². The Morgan fingerprint density at radius 2 is 1.97 bits per heavy atom. The summed E-state index contributed by atoms with van der Waals surface area (Å²) in [7, 11) is 1.56. The SMILES string of the molecule is CC(C)NCc1cc(C2(c3cccc(-c4cccnc4F)c3)N=C(N)N(C)C2=O)cn1CCF. The van der Waals surface area contributed by atoms with Crippen molar-refractivity contribution in [2.24, 2.45) is 10.7 Å². The molecule has 3 aromatic rings. The molecule has 2 aromatic heterocycles. The number of carbonyl (C=O) groups excluding carboxylic acids is 1. The molecule has 0 bridgehead atoms. The van der Waals surface area contributed by atoms with E-state index in [0.29, 0.717) is 28.8 Å². The van der Waals surface area contributed by atoms with Crippen LogP contribution in [0.1, 0.15) is 30.7 Å². The lowest BCUT2D eigenvalue weighted by Gasteiger charge is -2.25. The smallest absolute Gasteiger partial charge is 0.266 e. The zero-order chi connectivity index (χ0) is 24.5. The van der Waals surface area contributed by atoms with Crippen LogP contribution in [0.5, 0.6) is 0 Å². The van der Waals surface area contributed by atoms with Crippen LogP contribution < -0.4 is 11.1 Å². The number of hydrogen-bond donors (Lipinski definition) is 2. The highest BCUT2D eigenvalue weighted by Crippen LogP contribution is 2.41. The number of halogens is 2. The number of rotatable bonds is 8. The van der Waals surface area contributed by atoms with Gasteiger partial charge in [0, 0.05) is 48.8 Å². The molecule has 1 unspecified atom stereocenters. The Bertz CT molecular complexity index is 1240. The monoisotopic (exact) mass is 466 g/mol. The zero-order valence-corrected chi connectivity index (χ0v) is 19.4. The van der Waals surface area contributed by atoms with Crippen LogP contribution in [-0.4, -0.2) is 46.1 Å². The Labute approximate surface area is 197 Å². The lowest BCUT2D eigenvalue weighted by atomic mass is 9.83. The summed E-state index contributed by atoms with van der Waals surface area (Å²) in [5.74, 6) is -0.875. The molecule has 0 spiro atoms. The number of pyridine rings is 1. The van der Waals surface area contributed by atoms with Gasteiger partial charge in [-0.05, 0) is 35.4 Å². The molecule has 1 aliphatic heterocycles. The van der Waals surface area contributed by atoms with Crippen molar-refractivity contribution in [2.45, 2.75) is 38.5 Å². The molecule has 3 heterocycles. The maximum Gasteiger partial charge on any atom is 0.266 e. The first-order chi connectivity index (χ1) is 16.3. The van der Waals surface area contributed by atoms with Crippen molar-refractivity contribution in [3.8, 4) is 11.1 Å². The minimum Gasteiger partial charge on any atom is -0.369 e. The molecule has 178 valence electrons. The van der Waals surface area contributed by atoms with Gasteiger partial charge in [0.2, 0.25) is 5.95 Å². The lowest BCUT2D eigenvalue weighted by Crippen LogP contribution is -2.41. The highest BCUT2D eigenvalue weighted by molar-refractivity contribution is 6.09. The second kappa shape index (κ2) is 9.34. The molecule has 0 saturated carbocycles. The number of aromatic nitrogens is 2. The average molecular weight is 467 g/mol. The van der Waals surface area contributed by atoms with Gasteiger partial charge in [-0.25, -0.2) is 14.4 Å². The summed E-state index contributed by atoms with van der Waals surface area (Å²) in [5, 5.41) is 3.33. The Hall–Kier alpha value is -3.59. The fourth-order valence-corrected chi connectivity index (χ4v) is 4.21. The normalized spacial score (nSPS) is 18.1. The van der Waals surface area contributed by atoms with Gasteiger partial charge < -0.3 is 15.6 Å². The van der Waals surface area contributed by atoms with E-state index in [1.54, 1.807) is 54.2 Å². The van der Waals surface area contributed by atoms with Gasteiger partial charge >= 0.3 is 0 Å². The molecule has 34 heavy (non-hydrogen) atoms. The molecular weight excluding hydrogens is 438 g/mol. The number of nitrogens with one attached hydrogen (secondary N) is 1. The number of benzene rings is 1. The first-order valence-corrected chi connectivity index (χ1v) is 11.1. The Morgan fingerprint density at radius 1 is 1.18 bits per heavy atom. The molecule has 3 N–H and O–H groups in total. The van der Waals surface area contributed by atoms with E-state index in [1.807, 2.05) is 19.9 Å². The van der Waals surface area contributed by atoms with Crippen molar-refractivity contribution < 1.29 is 13.6 Å². The molecular formula is C25H28F2N6O. The number of aryl methyl sites for hydroxylation is 1. The lowest BCUT2D eigenvalue weighted by molar-refractivity contribution is -0.129. The molecule has 0 radical (unpaired) electrons. The first kappa shape index (κ1) is 23.6. The minimum absolute atomic E-state index is 0.0723. The maximum absolute atomic E-state index is 14.4. The van der Waals surface area contributed by atoms with Gasteiger partial charge in [-0.2, -0.15) is 4.39 Å². The van der Waals surface area contributed by atoms with E-state index in [2.05, 4.69) is 15.3 Å². The number of carbonyl (C=O) groups is 1. The molecule has 0 aliphatic carbocycles. The highest BCUT2D eigenvalue weighted by Gasteiger charge is 2.50. The van der Waals surface area contributed by atoms with Crippen LogP contribution >= 0.6 is 0 Å². The van der Waals surface area contributed by atoms with Crippen molar-refractivity contribution in [3.05, 3.63) is 77.6 Å². The molecule has 7 nitrogen and oxygen atoms in total. The fourth-order valence-electron chi connectivity index (χ4n) is 4.21. The summed E-state index contributed by atoms with van der Waals surface area (Å²) < 4.78 is 29.5. The quantitative estimate of drug-likeness (QED) is 0.499. The van der Waals surface area contributed by atoms with Gasteiger partial charge in [0.25, 0.3) is 5.91 Å². The standard InChI is InChI=1S/C25H28F2N6O/c1-16(2)30-14-20-13-19(15-33(20)11-9-26)25(23(34)32(3)24(28)31-25)18-7-4-6-17(12-18)21-8-5-10-29-22(21)27/h4-8,10,12-13,15-16,30H,9,11,14H2,1-3H3,(H2,28,31). The van der Waals surface area contributed by atoms with Crippen molar-refractivity contribution in [3.63, 3.8) is 0 Å². The summed E-state index contributed by atoms with van der Waals surface area (Å²) in [6.07, 6.45) is 3.13. The molecule has 1 atom stereocenters. The van der Waals surface area contributed by atoms with Gasteiger partial charge in [0.15, 0.2) is 11.5 Å². The number of amides is 1. The van der Waals surface area contributed by atoms with E-state index >= 15 is 0 Å². The van der Waals surface area contributed by atoms with Crippen LogP contribution in [0, 0.1) is 5.95 Å². The summed E-state index contributed by atoms with van der Waals surface area (Å²) in [4.78, 5) is 23.3. The van der Waals surface area contributed by atoms with Crippen LogP contribution in [0.3, 0.4) is 0 Å². The summed E-state index contributed by atoms with van der Waals surface area (Å²) in [5.41, 5.74) is 7.43. The van der Waals surface area contributed by atoms with E-state index in [4.69, 9.17) is 5.73 Å². The van der Waals surface area contributed by atoms with Gasteiger partial charge in [0.1, 0.15) is 6.67 Å². The summed E-state index contributed by atoms with van der Waals surface area (Å²) in [6, 6.07) is 12.4. The molecule has 0 saturated heterocycles. The third-order valence-electron chi connectivity index (χ3n) is 6.01. The van der Waals surface area contributed by atoms with E-state index in [1.165, 1.54) is 11.1 Å². The topological polar surface area (TPSA) is 88.5 Å². The van der Waals surface area contributed by atoms with Crippen molar-refractivity contribution >= 4 is 11.9 Å². The number of hydrogen-bond acceptors (Lipinski definition) is 5. The minimum atomic E-state index is -1.47. The van der Waals surface area contributed by atoms with Gasteiger partial charge in [-0.3, -0.25) is 9.69 Å². The number of guanidine groups is 1. The van der Waals surface area contributed by atoms with Crippen molar-refractivity contribution in [2.75, 3.05) is 13.7 Å². The van der Waals surface area contributed by atoms with Crippen LogP contribution in [0.25, 0.3) is 11.1 Å². The average Bonchev–Trinajstić information content (AvgIpc) is 3.33. The molecule has 1 amide bonds. The number of likely N-dealkylation sites (N-methyl/N-ethyl adjacent to an activating group) is 1. The number of nitrogens with two attached hydrogens (primary N) is 1. The third kappa shape index (κ3) is 4.07. The Morgan fingerprint density at radius 3 is 2.62 bits per heavy atom. The van der Waals surface area contributed by atoms with Crippen LogP contribution in [0.15, 0.2) is 59.9 Å². The fraction of sp³-hybridized carbons (Fsp3) is 0.320. The molecule has 1 aliphatic rings. The number of alkyl halides is 1. The van der Waals surface area contributed by atoms with E-state index in [9.17, 15) is 13.6 Å². The second-order valence-electron chi connectivity index (χ2n) is 8.61. The van der Waals surface area contributed by atoms with Gasteiger partial charge in [-0.15, -0.1) is 0 Å². The van der Waals surface area contributed by atoms with Crippen molar-refractivity contribution in [1.29, 1.82) is 0 Å². The predicted molar refractivity (Wildman–Crippen MR) is 127 cm³/mol. The molecule has 4 rings (SSSR count). The van der Waals surface area contributed by atoms with Crippen LogP contribution in [-0.2, 0) is 23.4 Å². The first-order valence-electron chi connectivity index (χ1n) is 11.1. The summed E-state index contributed by atoms with van der Waals surface area (Å²) in [6.45, 7) is 4.14. The van der Waals surface area contributed by atoms with Gasteiger partial charge in [-0.1, -0.05) is 32.0 Å². The predicted octanol–water partition coefficient (Wildman–Crippen LogP) is 3.19. The van der Waals surface area contributed by atoms with E-state index in [-0.39, 0.29) is 24.5 Å². The second-order valence-corrected chi connectivity index (χ2v) is 8.61. The molecule has 0 fully saturated rings. The molecule has 9 heteroatoms. The van der Waals surface area contributed by atoms with E-state index < -0.39 is 18.2 Å². The van der Waals surface area contributed by atoms with Crippen LogP contribution in [0.2, 0.25) is 0 Å². The van der Waals surface area contributed by atoms with Crippen molar-refractivity contribution in [1.82, 2.24) is 19.8 Å². The maximum atomic E-state index is 14.4. The summed E-state index contributed by atoms with van der Waals surface area (Å²) >= 11 is 0. The largest absolute Gasteiger partial charge is 0.369 e. The van der Waals surface area contributed by atoms with Crippen LogP contribution in [0.4, 0.5) is 8.78 Å². The third-order valence-corrected chi connectivity index (χ3v) is 6.01. The highest BCUT2D eigenvalue weighted by atomic mass is 19.1. The Kier molecular flexibility index (Phi) is 6.47. The van der Waals surface area contributed by atoms with Gasteiger partial charge in [0.05, 0.1) is 6.54 Å². The zero-order valence-electron chi connectivity index (χ0n) is 19.4. The molecule has 1 aromatic carbocycles. The number of aliphatic imine (C=N–C) groups is 1. The number of nitrogens with zero attached hydrogens (tertiary/aromatic N) is 4. The Balaban J connectivity index is 1.89.